The highest BCUT2D eigenvalue weighted by Gasteiger charge is 2.22. The SMILES string of the molecule is C/C=C\C(=C/C)C(NC(=O)C(CCCCNC)NC)c1ccccc1.CC. The molecule has 2 atom stereocenters. The van der Waals surface area contributed by atoms with Crippen LogP contribution in [0.5, 0.6) is 0 Å². The van der Waals surface area contributed by atoms with Crippen LogP contribution < -0.4 is 16.0 Å². The Morgan fingerprint density at radius 2 is 1.74 bits per heavy atom. The maximum Gasteiger partial charge on any atom is 0.237 e. The number of rotatable bonds is 11. The monoisotopic (exact) mass is 373 g/mol. The zero-order valence-corrected chi connectivity index (χ0v) is 18.0. The summed E-state index contributed by atoms with van der Waals surface area (Å²) in [6.07, 6.45) is 9.04. The van der Waals surface area contributed by atoms with Crippen molar-refractivity contribution in [3.8, 4) is 0 Å². The molecule has 1 aromatic carbocycles. The normalized spacial score (nSPS) is 13.6. The molecular weight excluding hydrogens is 334 g/mol. The Kier molecular flexibility index (Phi) is 15.1. The Morgan fingerprint density at radius 3 is 2.26 bits per heavy atom. The van der Waals surface area contributed by atoms with E-state index in [4.69, 9.17) is 0 Å². The van der Waals surface area contributed by atoms with E-state index >= 15 is 0 Å². The zero-order valence-electron chi connectivity index (χ0n) is 18.0. The minimum Gasteiger partial charge on any atom is -0.344 e. The summed E-state index contributed by atoms with van der Waals surface area (Å²) in [5.74, 6) is 0.0460. The highest BCUT2D eigenvalue weighted by Crippen LogP contribution is 2.23. The number of unbranched alkanes of at least 4 members (excludes halogenated alkanes) is 1. The maximum absolute atomic E-state index is 12.8. The highest BCUT2D eigenvalue weighted by molar-refractivity contribution is 5.82. The van der Waals surface area contributed by atoms with Gasteiger partial charge in [-0.3, -0.25) is 4.79 Å². The van der Waals surface area contributed by atoms with E-state index in [9.17, 15) is 4.79 Å². The van der Waals surface area contributed by atoms with Crippen LogP contribution in [0.1, 0.15) is 58.6 Å². The van der Waals surface area contributed by atoms with Gasteiger partial charge in [0, 0.05) is 0 Å². The molecule has 0 saturated heterocycles. The van der Waals surface area contributed by atoms with Crippen LogP contribution in [0.4, 0.5) is 0 Å². The van der Waals surface area contributed by atoms with Crippen LogP contribution in [0.3, 0.4) is 0 Å². The summed E-state index contributed by atoms with van der Waals surface area (Å²) >= 11 is 0. The first kappa shape index (κ1) is 25.1. The molecule has 4 heteroatoms. The summed E-state index contributed by atoms with van der Waals surface area (Å²) in [4.78, 5) is 12.8. The molecule has 0 saturated carbocycles. The fourth-order valence-corrected chi connectivity index (χ4v) is 2.86. The van der Waals surface area contributed by atoms with E-state index in [1.165, 1.54) is 0 Å². The van der Waals surface area contributed by atoms with Gasteiger partial charge in [0.05, 0.1) is 12.1 Å². The fraction of sp³-hybridized carbons (Fsp3) is 0.522. The molecule has 152 valence electrons. The molecule has 27 heavy (non-hydrogen) atoms. The van der Waals surface area contributed by atoms with Crippen molar-refractivity contribution in [1.82, 2.24) is 16.0 Å². The molecule has 0 fully saturated rings. The van der Waals surface area contributed by atoms with Crippen molar-refractivity contribution in [3.63, 3.8) is 0 Å². The molecule has 1 amide bonds. The Bertz CT molecular complexity index is 552. The van der Waals surface area contributed by atoms with Gasteiger partial charge in [-0.2, -0.15) is 0 Å². The van der Waals surface area contributed by atoms with Crippen molar-refractivity contribution in [2.75, 3.05) is 20.6 Å². The van der Waals surface area contributed by atoms with Crippen molar-refractivity contribution < 1.29 is 4.79 Å². The van der Waals surface area contributed by atoms with Crippen molar-refractivity contribution in [3.05, 3.63) is 59.7 Å². The number of benzene rings is 1. The van der Waals surface area contributed by atoms with Gasteiger partial charge in [-0.15, -0.1) is 0 Å². The van der Waals surface area contributed by atoms with Crippen molar-refractivity contribution in [2.24, 2.45) is 0 Å². The third-order valence-electron chi connectivity index (χ3n) is 4.28. The number of hydrogen-bond donors (Lipinski definition) is 3. The number of carbonyl (C=O) groups is 1. The smallest absolute Gasteiger partial charge is 0.237 e. The second-order valence-electron chi connectivity index (χ2n) is 6.08. The lowest BCUT2D eigenvalue weighted by atomic mass is 9.97. The van der Waals surface area contributed by atoms with Crippen molar-refractivity contribution in [2.45, 2.75) is 59.0 Å². The van der Waals surface area contributed by atoms with Gasteiger partial charge in [0.2, 0.25) is 5.91 Å². The molecule has 4 nitrogen and oxygen atoms in total. The van der Waals surface area contributed by atoms with Gasteiger partial charge in [0.1, 0.15) is 0 Å². The van der Waals surface area contributed by atoms with E-state index in [1.54, 1.807) is 0 Å². The molecule has 0 aliphatic rings. The molecule has 0 bridgehead atoms. The van der Waals surface area contributed by atoms with Gasteiger partial charge in [0.25, 0.3) is 0 Å². The summed E-state index contributed by atoms with van der Waals surface area (Å²) in [5.41, 5.74) is 2.18. The van der Waals surface area contributed by atoms with Gasteiger partial charge in [-0.25, -0.2) is 0 Å². The Balaban J connectivity index is 0.00000326. The van der Waals surface area contributed by atoms with Gasteiger partial charge >= 0.3 is 0 Å². The van der Waals surface area contributed by atoms with E-state index < -0.39 is 0 Å². The van der Waals surface area contributed by atoms with E-state index in [0.717, 1.165) is 36.9 Å². The lowest BCUT2D eigenvalue weighted by Crippen LogP contribution is -2.44. The average Bonchev–Trinajstić information content (AvgIpc) is 2.72. The largest absolute Gasteiger partial charge is 0.344 e. The van der Waals surface area contributed by atoms with Gasteiger partial charge < -0.3 is 16.0 Å². The van der Waals surface area contributed by atoms with Crippen LogP contribution in [0.2, 0.25) is 0 Å². The lowest BCUT2D eigenvalue weighted by Gasteiger charge is -2.24. The minimum atomic E-state index is -0.174. The number of carbonyl (C=O) groups excluding carboxylic acids is 1. The first-order valence-corrected chi connectivity index (χ1v) is 10.1. The van der Waals surface area contributed by atoms with E-state index in [2.05, 4.69) is 40.2 Å². The number of amides is 1. The van der Waals surface area contributed by atoms with Crippen molar-refractivity contribution >= 4 is 5.91 Å². The van der Waals surface area contributed by atoms with Crippen LogP contribution in [-0.2, 0) is 4.79 Å². The predicted molar refractivity (Wildman–Crippen MR) is 118 cm³/mol. The fourth-order valence-electron chi connectivity index (χ4n) is 2.86. The summed E-state index contributed by atoms with van der Waals surface area (Å²) in [6, 6.07) is 9.80. The van der Waals surface area contributed by atoms with Crippen LogP contribution >= 0.6 is 0 Å². The number of likely N-dealkylation sites (N-methyl/N-ethyl adjacent to an activating group) is 1. The summed E-state index contributed by atoms with van der Waals surface area (Å²) in [5, 5.41) is 9.52. The standard InChI is InChI=1S/C21H33N3O.C2H6/c1-5-12-17(6-2)20(18-13-8-7-9-14-18)24-21(25)19(23-4)15-10-11-16-22-3;1-2/h5-9,12-14,19-20,22-23H,10-11,15-16H2,1-4H3,(H,24,25);1-2H3/b12-5-,17-6+;. The molecule has 1 rings (SSSR count). The molecule has 0 radical (unpaired) electrons. The number of hydrogen-bond acceptors (Lipinski definition) is 3. The summed E-state index contributed by atoms with van der Waals surface area (Å²) in [7, 11) is 3.80. The maximum atomic E-state index is 12.8. The van der Waals surface area contributed by atoms with Crippen molar-refractivity contribution in [1.29, 1.82) is 0 Å². The van der Waals surface area contributed by atoms with Gasteiger partial charge in [0.15, 0.2) is 0 Å². The van der Waals surface area contributed by atoms with Crippen LogP contribution in [0.25, 0.3) is 0 Å². The van der Waals surface area contributed by atoms with E-state index in [0.29, 0.717) is 0 Å². The minimum absolute atomic E-state index is 0.0460. The first-order valence-electron chi connectivity index (χ1n) is 10.1. The van der Waals surface area contributed by atoms with E-state index in [-0.39, 0.29) is 18.0 Å². The van der Waals surface area contributed by atoms with Crippen LogP contribution in [0.15, 0.2) is 54.1 Å². The summed E-state index contributed by atoms with van der Waals surface area (Å²) in [6.45, 7) is 8.98. The molecule has 0 heterocycles. The zero-order chi connectivity index (χ0) is 20.5. The Morgan fingerprint density at radius 1 is 1.07 bits per heavy atom. The lowest BCUT2D eigenvalue weighted by molar-refractivity contribution is -0.123. The van der Waals surface area contributed by atoms with Crippen LogP contribution in [0, 0.1) is 0 Å². The molecular formula is C23H39N3O. The third kappa shape index (κ3) is 9.55. The second-order valence-corrected chi connectivity index (χ2v) is 6.08. The third-order valence-corrected chi connectivity index (χ3v) is 4.28. The Hall–Kier alpha value is -1.91. The molecule has 2 unspecified atom stereocenters. The predicted octanol–water partition coefficient (Wildman–Crippen LogP) is 4.37. The number of nitrogens with one attached hydrogen (secondary N) is 3. The molecule has 0 aliphatic carbocycles. The average molecular weight is 374 g/mol. The molecule has 0 spiro atoms. The molecule has 0 aromatic heterocycles. The first-order chi connectivity index (χ1) is 13.2. The summed E-state index contributed by atoms with van der Waals surface area (Å²) < 4.78 is 0. The van der Waals surface area contributed by atoms with Gasteiger partial charge in [-0.05, 0) is 58.5 Å². The topological polar surface area (TPSA) is 53.2 Å². The quantitative estimate of drug-likeness (QED) is 0.399. The molecule has 1 aromatic rings. The number of allylic oxidation sites excluding steroid dienone is 2. The van der Waals surface area contributed by atoms with E-state index in [1.807, 2.05) is 66.1 Å². The highest BCUT2D eigenvalue weighted by atomic mass is 16.2. The molecule has 3 N–H and O–H groups in total. The molecule has 0 aliphatic heterocycles. The Labute approximate surface area is 166 Å². The second kappa shape index (κ2) is 16.3. The van der Waals surface area contributed by atoms with Crippen LogP contribution in [-0.4, -0.2) is 32.6 Å². The van der Waals surface area contributed by atoms with Gasteiger partial charge in [-0.1, -0.05) is 68.8 Å².